The van der Waals surface area contributed by atoms with Crippen molar-refractivity contribution in [2.24, 2.45) is 0 Å². The SMILES string of the molecule is CCOC1(CNC)CCCN(CC)CC1. The maximum absolute atomic E-state index is 5.99. The van der Waals surface area contributed by atoms with Gasteiger partial charge in [0, 0.05) is 19.7 Å². The second kappa shape index (κ2) is 6.46. The highest BCUT2D eigenvalue weighted by molar-refractivity contribution is 4.87. The first-order valence-electron chi connectivity index (χ1n) is 6.27. The molecule has 15 heavy (non-hydrogen) atoms. The third-order valence-electron chi connectivity index (χ3n) is 3.39. The number of nitrogens with zero attached hydrogens (tertiary/aromatic N) is 1. The van der Waals surface area contributed by atoms with Crippen molar-refractivity contribution < 1.29 is 4.74 Å². The molecule has 0 spiro atoms. The molecule has 1 N–H and O–H groups in total. The Balaban J connectivity index is 2.55. The van der Waals surface area contributed by atoms with Crippen molar-refractivity contribution in [3.8, 4) is 0 Å². The van der Waals surface area contributed by atoms with Gasteiger partial charge in [-0.1, -0.05) is 6.92 Å². The van der Waals surface area contributed by atoms with Crippen LogP contribution in [0.15, 0.2) is 0 Å². The average molecular weight is 214 g/mol. The third-order valence-corrected chi connectivity index (χ3v) is 3.39. The summed E-state index contributed by atoms with van der Waals surface area (Å²) >= 11 is 0. The quantitative estimate of drug-likeness (QED) is 0.750. The van der Waals surface area contributed by atoms with Gasteiger partial charge >= 0.3 is 0 Å². The van der Waals surface area contributed by atoms with Crippen LogP contribution in [0.3, 0.4) is 0 Å². The van der Waals surface area contributed by atoms with Gasteiger partial charge in [0.2, 0.25) is 0 Å². The molecule has 0 radical (unpaired) electrons. The number of ether oxygens (including phenoxy) is 1. The van der Waals surface area contributed by atoms with Crippen LogP contribution in [-0.2, 0) is 4.74 Å². The maximum Gasteiger partial charge on any atom is 0.0818 e. The summed E-state index contributed by atoms with van der Waals surface area (Å²) in [6.07, 6.45) is 3.61. The molecule has 0 aromatic carbocycles. The highest BCUT2D eigenvalue weighted by Crippen LogP contribution is 2.25. The molecule has 0 amide bonds. The van der Waals surface area contributed by atoms with E-state index in [0.717, 1.165) is 19.6 Å². The van der Waals surface area contributed by atoms with Gasteiger partial charge in [0.05, 0.1) is 5.60 Å². The minimum atomic E-state index is 0.0907. The maximum atomic E-state index is 5.99. The summed E-state index contributed by atoms with van der Waals surface area (Å²) in [5, 5.41) is 3.28. The van der Waals surface area contributed by atoms with Crippen molar-refractivity contribution in [2.45, 2.75) is 38.7 Å². The molecule has 1 aliphatic rings. The Bertz CT molecular complexity index is 167. The van der Waals surface area contributed by atoms with Crippen molar-refractivity contribution in [3.63, 3.8) is 0 Å². The van der Waals surface area contributed by atoms with Gasteiger partial charge in [-0.3, -0.25) is 0 Å². The molecule has 1 unspecified atom stereocenters. The van der Waals surface area contributed by atoms with Crippen molar-refractivity contribution in [3.05, 3.63) is 0 Å². The van der Waals surface area contributed by atoms with Crippen LogP contribution < -0.4 is 5.32 Å². The highest BCUT2D eigenvalue weighted by Gasteiger charge is 2.32. The molecule has 0 aromatic rings. The van der Waals surface area contributed by atoms with Crippen LogP contribution in [0.1, 0.15) is 33.1 Å². The lowest BCUT2D eigenvalue weighted by Crippen LogP contribution is -2.43. The molecule has 0 saturated carbocycles. The van der Waals surface area contributed by atoms with E-state index < -0.39 is 0 Å². The number of hydrogen-bond acceptors (Lipinski definition) is 3. The average Bonchev–Trinajstić information content (AvgIpc) is 2.42. The summed E-state index contributed by atoms with van der Waals surface area (Å²) in [7, 11) is 2.02. The van der Waals surface area contributed by atoms with Crippen LogP contribution in [0.25, 0.3) is 0 Å². The molecule has 1 atom stereocenters. The topological polar surface area (TPSA) is 24.5 Å². The summed E-state index contributed by atoms with van der Waals surface area (Å²) in [4.78, 5) is 2.52. The van der Waals surface area contributed by atoms with Gasteiger partial charge in [0.25, 0.3) is 0 Å². The Labute approximate surface area is 94.2 Å². The van der Waals surface area contributed by atoms with E-state index in [4.69, 9.17) is 4.74 Å². The van der Waals surface area contributed by atoms with Gasteiger partial charge < -0.3 is 15.0 Å². The first-order valence-corrected chi connectivity index (χ1v) is 6.27. The summed E-state index contributed by atoms with van der Waals surface area (Å²) in [6, 6.07) is 0. The molecule has 1 aliphatic heterocycles. The lowest BCUT2D eigenvalue weighted by molar-refractivity contribution is -0.0468. The van der Waals surface area contributed by atoms with E-state index in [1.54, 1.807) is 0 Å². The van der Waals surface area contributed by atoms with E-state index in [2.05, 4.69) is 24.1 Å². The van der Waals surface area contributed by atoms with Crippen molar-refractivity contribution >= 4 is 0 Å². The van der Waals surface area contributed by atoms with Crippen LogP contribution in [0.4, 0.5) is 0 Å². The van der Waals surface area contributed by atoms with Gasteiger partial charge in [0.1, 0.15) is 0 Å². The summed E-state index contributed by atoms with van der Waals surface area (Å²) in [5.41, 5.74) is 0.0907. The number of likely N-dealkylation sites (tertiary alicyclic amines) is 1. The number of nitrogens with one attached hydrogen (secondary N) is 1. The molecule has 90 valence electrons. The number of hydrogen-bond donors (Lipinski definition) is 1. The monoisotopic (exact) mass is 214 g/mol. The van der Waals surface area contributed by atoms with E-state index in [1.165, 1.54) is 32.5 Å². The van der Waals surface area contributed by atoms with Gasteiger partial charge in [-0.15, -0.1) is 0 Å². The van der Waals surface area contributed by atoms with E-state index >= 15 is 0 Å². The van der Waals surface area contributed by atoms with Crippen LogP contribution >= 0.6 is 0 Å². The Morgan fingerprint density at radius 1 is 1.27 bits per heavy atom. The van der Waals surface area contributed by atoms with E-state index in [9.17, 15) is 0 Å². The predicted molar refractivity (Wildman–Crippen MR) is 64.2 cm³/mol. The zero-order valence-electron chi connectivity index (χ0n) is 10.5. The molecular weight excluding hydrogens is 188 g/mol. The minimum Gasteiger partial charge on any atom is -0.374 e. The largest absolute Gasteiger partial charge is 0.374 e. The molecular formula is C12H26N2O. The van der Waals surface area contributed by atoms with E-state index in [1.807, 2.05) is 7.05 Å². The van der Waals surface area contributed by atoms with Gasteiger partial charge in [-0.25, -0.2) is 0 Å². The standard InChI is InChI=1S/C12H26N2O/c1-4-14-9-6-7-12(8-10-14,11-13-3)15-5-2/h13H,4-11H2,1-3H3. The fraction of sp³-hybridized carbons (Fsp3) is 1.00. The Morgan fingerprint density at radius 3 is 2.67 bits per heavy atom. The predicted octanol–water partition coefficient (Wildman–Crippen LogP) is 1.49. The lowest BCUT2D eigenvalue weighted by Gasteiger charge is -2.32. The number of rotatable bonds is 5. The van der Waals surface area contributed by atoms with Crippen molar-refractivity contribution in [1.29, 1.82) is 0 Å². The van der Waals surface area contributed by atoms with E-state index in [-0.39, 0.29) is 5.60 Å². The summed E-state index contributed by atoms with van der Waals surface area (Å²) < 4.78 is 5.99. The van der Waals surface area contributed by atoms with Crippen LogP contribution in [0, 0.1) is 0 Å². The second-order valence-corrected chi connectivity index (χ2v) is 4.43. The fourth-order valence-electron chi connectivity index (χ4n) is 2.54. The van der Waals surface area contributed by atoms with Crippen LogP contribution in [-0.4, -0.2) is 50.3 Å². The molecule has 0 aromatic heterocycles. The Hall–Kier alpha value is -0.120. The second-order valence-electron chi connectivity index (χ2n) is 4.43. The molecule has 3 nitrogen and oxygen atoms in total. The lowest BCUT2D eigenvalue weighted by atomic mass is 9.94. The Morgan fingerprint density at radius 2 is 2.07 bits per heavy atom. The van der Waals surface area contributed by atoms with Gasteiger partial charge in [-0.2, -0.15) is 0 Å². The van der Waals surface area contributed by atoms with Crippen molar-refractivity contribution in [2.75, 3.05) is 39.8 Å². The molecule has 0 bridgehead atoms. The van der Waals surface area contributed by atoms with Crippen LogP contribution in [0.5, 0.6) is 0 Å². The number of likely N-dealkylation sites (N-methyl/N-ethyl adjacent to an activating group) is 1. The van der Waals surface area contributed by atoms with Gasteiger partial charge in [-0.05, 0) is 46.3 Å². The summed E-state index contributed by atoms with van der Waals surface area (Å²) in [5.74, 6) is 0. The smallest absolute Gasteiger partial charge is 0.0818 e. The first kappa shape index (κ1) is 12.9. The summed E-state index contributed by atoms with van der Waals surface area (Å²) in [6.45, 7) is 9.73. The highest BCUT2D eigenvalue weighted by atomic mass is 16.5. The zero-order valence-corrected chi connectivity index (χ0v) is 10.5. The van der Waals surface area contributed by atoms with Gasteiger partial charge in [0.15, 0.2) is 0 Å². The first-order chi connectivity index (χ1) is 7.26. The molecule has 3 heteroatoms. The van der Waals surface area contributed by atoms with Crippen LogP contribution in [0.2, 0.25) is 0 Å². The fourth-order valence-corrected chi connectivity index (χ4v) is 2.54. The molecule has 0 aliphatic carbocycles. The molecule has 1 fully saturated rings. The normalized spacial score (nSPS) is 29.0. The minimum absolute atomic E-state index is 0.0907. The molecule has 1 saturated heterocycles. The third kappa shape index (κ3) is 3.74. The zero-order chi connectivity index (χ0) is 11.1. The van der Waals surface area contributed by atoms with E-state index in [0.29, 0.717) is 0 Å². The molecule has 1 heterocycles. The Kier molecular flexibility index (Phi) is 5.58. The van der Waals surface area contributed by atoms with Crippen molar-refractivity contribution in [1.82, 2.24) is 10.2 Å². The molecule has 1 rings (SSSR count).